The Balaban J connectivity index is 1.71. The largest absolute Gasteiger partial charge is 0.468 e. The van der Waals surface area contributed by atoms with Crippen molar-refractivity contribution < 1.29 is 13.9 Å². The monoisotopic (exact) mass is 306 g/mol. The number of esters is 1. The second kappa shape index (κ2) is 6.41. The molecule has 1 atom stereocenters. The van der Waals surface area contributed by atoms with Crippen molar-refractivity contribution in [3.63, 3.8) is 0 Å². The molecule has 0 N–H and O–H groups in total. The van der Waals surface area contributed by atoms with Crippen molar-refractivity contribution in [1.82, 2.24) is 9.88 Å². The summed E-state index contributed by atoms with van der Waals surface area (Å²) in [4.78, 5) is 18.5. The number of thiazole rings is 1. The van der Waals surface area contributed by atoms with Crippen LogP contribution >= 0.6 is 11.3 Å². The highest BCUT2D eigenvalue weighted by atomic mass is 32.1. The van der Waals surface area contributed by atoms with Crippen LogP contribution in [-0.2, 0) is 11.3 Å². The van der Waals surface area contributed by atoms with E-state index in [4.69, 9.17) is 9.15 Å². The van der Waals surface area contributed by atoms with E-state index in [0.29, 0.717) is 12.3 Å². The van der Waals surface area contributed by atoms with Crippen molar-refractivity contribution in [1.29, 1.82) is 0 Å². The summed E-state index contributed by atoms with van der Waals surface area (Å²) in [6.07, 6.45) is 3.90. The van der Waals surface area contributed by atoms with E-state index in [9.17, 15) is 4.79 Å². The predicted molar refractivity (Wildman–Crippen MR) is 79.2 cm³/mol. The minimum Gasteiger partial charge on any atom is -0.468 e. The number of carbonyl (C=O) groups excluding carboxylic acids is 1. The quantitative estimate of drug-likeness (QED) is 0.794. The number of ether oxygens (including phenoxy) is 1. The molecule has 6 heteroatoms. The summed E-state index contributed by atoms with van der Waals surface area (Å²) in [6, 6.07) is 4.16. The van der Waals surface area contributed by atoms with E-state index < -0.39 is 0 Å². The van der Waals surface area contributed by atoms with Crippen LogP contribution in [0.15, 0.2) is 28.2 Å². The van der Waals surface area contributed by atoms with E-state index in [2.05, 4.69) is 9.88 Å². The maximum absolute atomic E-state index is 11.7. The molecule has 21 heavy (non-hydrogen) atoms. The first kappa shape index (κ1) is 14.3. The molecule has 2 aromatic heterocycles. The van der Waals surface area contributed by atoms with Gasteiger partial charge in [0.05, 0.1) is 25.5 Å². The van der Waals surface area contributed by atoms with Crippen molar-refractivity contribution in [3.05, 3.63) is 40.2 Å². The molecule has 3 heterocycles. The van der Waals surface area contributed by atoms with Crippen LogP contribution < -0.4 is 0 Å². The van der Waals surface area contributed by atoms with Gasteiger partial charge in [-0.1, -0.05) is 0 Å². The zero-order valence-electron chi connectivity index (χ0n) is 11.9. The number of rotatable bonds is 5. The SMILES string of the molecule is CCOC(=O)c1csc([C@H]2CCCN2Cc2ccco2)n1. The average Bonchev–Trinajstić information content (AvgIpc) is 3.20. The van der Waals surface area contributed by atoms with E-state index >= 15 is 0 Å². The second-order valence-electron chi connectivity index (χ2n) is 5.00. The molecule has 112 valence electrons. The summed E-state index contributed by atoms with van der Waals surface area (Å²) < 4.78 is 10.4. The Morgan fingerprint density at radius 1 is 1.62 bits per heavy atom. The molecule has 3 rings (SSSR count). The third-order valence-corrected chi connectivity index (χ3v) is 4.54. The van der Waals surface area contributed by atoms with Crippen LogP contribution in [0.5, 0.6) is 0 Å². The van der Waals surface area contributed by atoms with Crippen molar-refractivity contribution in [2.75, 3.05) is 13.2 Å². The van der Waals surface area contributed by atoms with Gasteiger partial charge in [0.1, 0.15) is 10.8 Å². The van der Waals surface area contributed by atoms with Crippen molar-refractivity contribution in [3.8, 4) is 0 Å². The van der Waals surface area contributed by atoms with Gasteiger partial charge in [0, 0.05) is 5.38 Å². The van der Waals surface area contributed by atoms with Gasteiger partial charge in [-0.15, -0.1) is 11.3 Å². The van der Waals surface area contributed by atoms with E-state index in [-0.39, 0.29) is 12.0 Å². The fourth-order valence-corrected chi connectivity index (χ4v) is 3.59. The minimum absolute atomic E-state index is 0.267. The summed E-state index contributed by atoms with van der Waals surface area (Å²) in [5, 5.41) is 2.78. The maximum Gasteiger partial charge on any atom is 0.357 e. The molecule has 1 fully saturated rings. The summed E-state index contributed by atoms with van der Waals surface area (Å²) >= 11 is 1.53. The second-order valence-corrected chi connectivity index (χ2v) is 5.89. The Morgan fingerprint density at radius 2 is 2.52 bits per heavy atom. The Kier molecular flexibility index (Phi) is 4.36. The van der Waals surface area contributed by atoms with E-state index in [1.807, 2.05) is 12.1 Å². The number of aromatic nitrogens is 1. The van der Waals surface area contributed by atoms with Gasteiger partial charge in [0.15, 0.2) is 5.69 Å². The van der Waals surface area contributed by atoms with Gasteiger partial charge in [-0.2, -0.15) is 0 Å². The highest BCUT2D eigenvalue weighted by Gasteiger charge is 2.29. The van der Waals surface area contributed by atoms with E-state index in [1.165, 1.54) is 11.3 Å². The highest BCUT2D eigenvalue weighted by molar-refractivity contribution is 7.09. The molecule has 0 aromatic carbocycles. The molecule has 0 saturated carbocycles. The molecule has 0 aliphatic carbocycles. The van der Waals surface area contributed by atoms with E-state index in [1.54, 1.807) is 18.6 Å². The van der Waals surface area contributed by atoms with Crippen LogP contribution in [0.25, 0.3) is 0 Å². The minimum atomic E-state index is -0.337. The normalized spacial score (nSPS) is 19.0. The third kappa shape index (κ3) is 3.16. The van der Waals surface area contributed by atoms with Crippen molar-refractivity contribution in [2.24, 2.45) is 0 Å². The molecule has 1 aliphatic rings. The number of furan rings is 1. The Morgan fingerprint density at radius 3 is 3.29 bits per heavy atom. The van der Waals surface area contributed by atoms with Crippen LogP contribution in [0.1, 0.15) is 47.1 Å². The molecule has 2 aromatic rings. The van der Waals surface area contributed by atoms with Gasteiger partial charge in [0.25, 0.3) is 0 Å². The summed E-state index contributed by atoms with van der Waals surface area (Å²) in [5.74, 6) is 0.625. The van der Waals surface area contributed by atoms with Gasteiger partial charge >= 0.3 is 5.97 Å². The molecule has 0 radical (unpaired) electrons. The standard InChI is InChI=1S/C15H18N2O3S/c1-2-19-15(18)12-10-21-14(16-12)13-6-3-7-17(13)9-11-5-4-8-20-11/h4-5,8,10,13H,2-3,6-7,9H2,1H3/t13-/m1/s1. The number of hydrogen-bond acceptors (Lipinski definition) is 6. The van der Waals surface area contributed by atoms with Crippen LogP contribution in [0, 0.1) is 0 Å². The zero-order valence-corrected chi connectivity index (χ0v) is 12.8. The molecule has 5 nitrogen and oxygen atoms in total. The first-order chi connectivity index (χ1) is 10.3. The average molecular weight is 306 g/mol. The van der Waals surface area contributed by atoms with Gasteiger partial charge in [-0.05, 0) is 38.4 Å². The third-order valence-electron chi connectivity index (χ3n) is 3.59. The molecule has 0 bridgehead atoms. The van der Waals surface area contributed by atoms with Gasteiger partial charge < -0.3 is 9.15 Å². The predicted octanol–water partition coefficient (Wildman–Crippen LogP) is 3.25. The summed E-state index contributed by atoms with van der Waals surface area (Å²) in [7, 11) is 0. The van der Waals surface area contributed by atoms with Gasteiger partial charge in [-0.3, -0.25) is 4.90 Å². The van der Waals surface area contributed by atoms with Crippen molar-refractivity contribution in [2.45, 2.75) is 32.4 Å². The number of nitrogens with zero attached hydrogens (tertiary/aromatic N) is 2. The molecular weight excluding hydrogens is 288 g/mol. The van der Waals surface area contributed by atoms with Crippen molar-refractivity contribution >= 4 is 17.3 Å². The van der Waals surface area contributed by atoms with Gasteiger partial charge in [0.2, 0.25) is 0 Å². The summed E-state index contributed by atoms with van der Waals surface area (Å²) in [5.41, 5.74) is 0.418. The lowest BCUT2D eigenvalue weighted by molar-refractivity contribution is 0.0520. The van der Waals surface area contributed by atoms with Crippen LogP contribution in [0.4, 0.5) is 0 Å². The highest BCUT2D eigenvalue weighted by Crippen LogP contribution is 2.34. The zero-order chi connectivity index (χ0) is 14.7. The van der Waals surface area contributed by atoms with Crippen LogP contribution in [0.2, 0.25) is 0 Å². The lowest BCUT2D eigenvalue weighted by Gasteiger charge is -2.21. The molecule has 0 unspecified atom stereocenters. The number of carbonyl (C=O) groups is 1. The number of hydrogen-bond donors (Lipinski definition) is 0. The Labute approximate surface area is 127 Å². The fraction of sp³-hybridized carbons (Fsp3) is 0.467. The van der Waals surface area contributed by atoms with Crippen LogP contribution in [-0.4, -0.2) is 29.0 Å². The van der Waals surface area contributed by atoms with E-state index in [0.717, 1.165) is 36.7 Å². The first-order valence-corrected chi connectivity index (χ1v) is 8.05. The number of likely N-dealkylation sites (tertiary alicyclic amines) is 1. The lowest BCUT2D eigenvalue weighted by Crippen LogP contribution is -2.22. The molecule has 0 spiro atoms. The smallest absolute Gasteiger partial charge is 0.357 e. The van der Waals surface area contributed by atoms with Crippen LogP contribution in [0.3, 0.4) is 0 Å². The summed E-state index contributed by atoms with van der Waals surface area (Å²) in [6.45, 7) is 3.98. The maximum atomic E-state index is 11.7. The van der Waals surface area contributed by atoms with Gasteiger partial charge in [-0.25, -0.2) is 9.78 Å². The fourth-order valence-electron chi connectivity index (χ4n) is 2.64. The lowest BCUT2D eigenvalue weighted by atomic mass is 10.2. The topological polar surface area (TPSA) is 55.6 Å². The molecule has 1 saturated heterocycles. The molecule has 0 amide bonds. The first-order valence-electron chi connectivity index (χ1n) is 7.17. The molecular formula is C15H18N2O3S. The Bertz CT molecular complexity index is 594. The Hall–Kier alpha value is -1.66. The molecule has 1 aliphatic heterocycles.